The molecule has 0 saturated carbocycles. The Morgan fingerprint density at radius 3 is 3.05 bits per heavy atom. The molecule has 6 heteroatoms. The van der Waals surface area contributed by atoms with Crippen LogP contribution in [0.15, 0.2) is 23.0 Å². The fraction of sp³-hybridized carbons (Fsp3) is 0.429. The lowest BCUT2D eigenvalue weighted by atomic mass is 10.1. The van der Waals surface area contributed by atoms with Crippen molar-refractivity contribution in [3.63, 3.8) is 0 Å². The maximum absolute atomic E-state index is 12.5. The van der Waals surface area contributed by atoms with Crippen LogP contribution in [0.3, 0.4) is 0 Å². The van der Waals surface area contributed by atoms with E-state index in [4.69, 9.17) is 11.6 Å². The molecule has 1 fully saturated rings. The maximum atomic E-state index is 12.5. The summed E-state index contributed by atoms with van der Waals surface area (Å²) in [5, 5.41) is 13.5. The molecule has 5 nitrogen and oxygen atoms in total. The van der Waals surface area contributed by atoms with Crippen molar-refractivity contribution < 1.29 is 5.11 Å². The fourth-order valence-electron chi connectivity index (χ4n) is 2.64. The normalized spacial score (nSPS) is 19.4. The Morgan fingerprint density at radius 1 is 1.45 bits per heavy atom. The van der Waals surface area contributed by atoms with Gasteiger partial charge in [0.05, 0.1) is 10.9 Å². The van der Waals surface area contributed by atoms with Crippen molar-refractivity contribution in [2.24, 2.45) is 0 Å². The van der Waals surface area contributed by atoms with Gasteiger partial charge in [-0.3, -0.25) is 9.36 Å². The second kappa shape index (κ2) is 5.42. The van der Waals surface area contributed by atoms with Crippen LogP contribution in [-0.4, -0.2) is 27.2 Å². The number of phenols is 1. The zero-order valence-corrected chi connectivity index (χ0v) is 11.7. The van der Waals surface area contributed by atoms with Crippen LogP contribution in [0.2, 0.25) is 5.28 Å². The monoisotopic (exact) mass is 293 g/mol. The van der Waals surface area contributed by atoms with Gasteiger partial charge in [0.25, 0.3) is 5.56 Å². The highest BCUT2D eigenvalue weighted by atomic mass is 35.5. The molecule has 106 valence electrons. The Morgan fingerprint density at radius 2 is 2.30 bits per heavy atom. The van der Waals surface area contributed by atoms with E-state index in [0.29, 0.717) is 17.4 Å². The summed E-state index contributed by atoms with van der Waals surface area (Å²) < 4.78 is 1.50. The van der Waals surface area contributed by atoms with E-state index >= 15 is 0 Å². The van der Waals surface area contributed by atoms with Crippen LogP contribution < -0.4 is 10.9 Å². The lowest BCUT2D eigenvalue weighted by molar-refractivity contribution is 0.359. The molecule has 0 aliphatic carbocycles. The first-order valence-corrected chi connectivity index (χ1v) is 7.15. The van der Waals surface area contributed by atoms with Crippen molar-refractivity contribution in [2.45, 2.75) is 31.8 Å². The molecule has 0 spiro atoms. The number of aromatic nitrogens is 2. The van der Waals surface area contributed by atoms with Crippen molar-refractivity contribution in [1.82, 2.24) is 14.9 Å². The second-order valence-electron chi connectivity index (χ2n) is 5.14. The first-order chi connectivity index (χ1) is 9.65. The summed E-state index contributed by atoms with van der Waals surface area (Å²) in [7, 11) is 0. The number of hydrogen-bond donors (Lipinski definition) is 2. The second-order valence-corrected chi connectivity index (χ2v) is 5.48. The molecule has 1 unspecified atom stereocenters. The average Bonchev–Trinajstić information content (AvgIpc) is 2.44. The zero-order valence-electron chi connectivity index (χ0n) is 11.0. The third-order valence-electron chi connectivity index (χ3n) is 3.71. The average molecular weight is 294 g/mol. The van der Waals surface area contributed by atoms with Gasteiger partial charge in [-0.1, -0.05) is 6.42 Å². The highest BCUT2D eigenvalue weighted by Gasteiger charge is 2.17. The lowest BCUT2D eigenvalue weighted by Crippen LogP contribution is -2.40. The van der Waals surface area contributed by atoms with Gasteiger partial charge in [-0.2, -0.15) is 0 Å². The van der Waals surface area contributed by atoms with E-state index in [2.05, 4.69) is 10.3 Å². The first-order valence-electron chi connectivity index (χ1n) is 6.77. The Bertz CT molecular complexity index is 693. The maximum Gasteiger partial charge on any atom is 0.262 e. The molecule has 2 aromatic rings. The minimum absolute atomic E-state index is 0.0761. The predicted octanol–water partition coefficient (Wildman–Crippen LogP) is 1.90. The molecule has 0 radical (unpaired) electrons. The molecule has 2 heterocycles. The van der Waals surface area contributed by atoms with Gasteiger partial charge in [0.1, 0.15) is 5.75 Å². The van der Waals surface area contributed by atoms with E-state index in [1.807, 2.05) is 0 Å². The van der Waals surface area contributed by atoms with Crippen LogP contribution in [-0.2, 0) is 6.54 Å². The van der Waals surface area contributed by atoms with Crippen molar-refractivity contribution in [3.05, 3.63) is 33.8 Å². The molecule has 0 amide bonds. The van der Waals surface area contributed by atoms with E-state index < -0.39 is 0 Å². The largest absolute Gasteiger partial charge is 0.508 e. The van der Waals surface area contributed by atoms with Gasteiger partial charge in [0.2, 0.25) is 5.28 Å². The number of nitrogens with one attached hydrogen (secondary N) is 1. The summed E-state index contributed by atoms with van der Waals surface area (Å²) in [6.45, 7) is 1.51. The summed E-state index contributed by atoms with van der Waals surface area (Å²) in [5.74, 6) is 0.0761. The number of nitrogens with zero attached hydrogens (tertiary/aromatic N) is 2. The molecule has 1 aromatic carbocycles. The van der Waals surface area contributed by atoms with Crippen LogP contribution in [0.5, 0.6) is 5.75 Å². The van der Waals surface area contributed by atoms with E-state index in [9.17, 15) is 9.90 Å². The molecule has 0 bridgehead atoms. The third-order valence-corrected chi connectivity index (χ3v) is 4.00. The van der Waals surface area contributed by atoms with E-state index in [-0.39, 0.29) is 22.6 Å². The van der Waals surface area contributed by atoms with Crippen LogP contribution in [0.25, 0.3) is 10.9 Å². The highest BCUT2D eigenvalue weighted by molar-refractivity contribution is 6.28. The number of halogens is 1. The van der Waals surface area contributed by atoms with Crippen molar-refractivity contribution >= 4 is 22.5 Å². The number of hydrogen-bond acceptors (Lipinski definition) is 4. The van der Waals surface area contributed by atoms with Crippen LogP contribution in [0, 0.1) is 0 Å². The quantitative estimate of drug-likeness (QED) is 0.830. The van der Waals surface area contributed by atoms with Crippen molar-refractivity contribution in [2.75, 3.05) is 6.54 Å². The number of rotatable bonds is 2. The molecule has 2 N–H and O–H groups in total. The Balaban J connectivity index is 2.02. The predicted molar refractivity (Wildman–Crippen MR) is 78.3 cm³/mol. The van der Waals surface area contributed by atoms with Gasteiger partial charge in [0, 0.05) is 18.7 Å². The SMILES string of the molecule is O=c1c2ccc(O)cc2nc(Cl)n1CC1CCCCN1. The van der Waals surface area contributed by atoms with Gasteiger partial charge in [-0.05, 0) is 43.1 Å². The Labute approximate surface area is 121 Å². The van der Waals surface area contributed by atoms with Gasteiger partial charge >= 0.3 is 0 Å². The topological polar surface area (TPSA) is 67.1 Å². The first kappa shape index (κ1) is 13.4. The minimum Gasteiger partial charge on any atom is -0.508 e. The number of phenolic OH excluding ortho intramolecular Hbond substituents is 1. The van der Waals surface area contributed by atoms with Gasteiger partial charge in [-0.25, -0.2) is 4.98 Å². The van der Waals surface area contributed by atoms with Crippen molar-refractivity contribution in [3.8, 4) is 5.75 Å². The van der Waals surface area contributed by atoms with Crippen LogP contribution >= 0.6 is 11.6 Å². The van der Waals surface area contributed by atoms with Crippen LogP contribution in [0.4, 0.5) is 0 Å². The minimum atomic E-state index is -0.160. The zero-order chi connectivity index (χ0) is 14.1. The van der Waals surface area contributed by atoms with E-state index in [0.717, 1.165) is 13.0 Å². The number of aromatic hydroxyl groups is 1. The molecule has 1 saturated heterocycles. The summed E-state index contributed by atoms with van der Waals surface area (Å²) >= 11 is 6.12. The molecule has 1 atom stereocenters. The smallest absolute Gasteiger partial charge is 0.262 e. The molecule has 20 heavy (non-hydrogen) atoms. The number of benzene rings is 1. The van der Waals surface area contributed by atoms with E-state index in [1.165, 1.54) is 29.5 Å². The van der Waals surface area contributed by atoms with E-state index in [1.54, 1.807) is 6.07 Å². The molecule has 3 rings (SSSR count). The third kappa shape index (κ3) is 2.51. The molecule has 1 aromatic heterocycles. The van der Waals surface area contributed by atoms with Gasteiger partial charge in [0.15, 0.2) is 0 Å². The molecule has 1 aliphatic rings. The number of fused-ring (bicyclic) bond motifs is 1. The number of piperidine rings is 1. The summed E-state index contributed by atoms with van der Waals surface area (Å²) in [6, 6.07) is 4.78. The lowest BCUT2D eigenvalue weighted by Gasteiger charge is -2.24. The summed E-state index contributed by atoms with van der Waals surface area (Å²) in [6.07, 6.45) is 3.38. The van der Waals surface area contributed by atoms with Gasteiger partial charge < -0.3 is 10.4 Å². The molecular formula is C14H16ClN3O2. The molecule has 1 aliphatic heterocycles. The Hall–Kier alpha value is -1.59. The van der Waals surface area contributed by atoms with Crippen molar-refractivity contribution in [1.29, 1.82) is 0 Å². The van der Waals surface area contributed by atoms with Gasteiger partial charge in [-0.15, -0.1) is 0 Å². The molecular weight excluding hydrogens is 278 g/mol. The standard InChI is InChI=1S/C14H16ClN3O2/c15-14-17-12-7-10(19)4-5-11(12)13(20)18(14)8-9-3-1-2-6-16-9/h4-5,7,9,16,19H,1-3,6,8H2. The van der Waals surface area contributed by atoms with Crippen LogP contribution in [0.1, 0.15) is 19.3 Å². The summed E-state index contributed by atoms with van der Waals surface area (Å²) in [4.78, 5) is 16.7. The fourth-order valence-corrected chi connectivity index (χ4v) is 2.88. The Kier molecular flexibility index (Phi) is 3.63. The summed E-state index contributed by atoms with van der Waals surface area (Å²) in [5.41, 5.74) is 0.264. The highest BCUT2D eigenvalue weighted by Crippen LogP contribution is 2.18.